The molecule has 0 unspecified atom stereocenters. The van der Waals surface area contributed by atoms with Crippen molar-refractivity contribution in [2.24, 2.45) is 5.10 Å². The van der Waals surface area contributed by atoms with Gasteiger partial charge in [0.25, 0.3) is 5.91 Å². The van der Waals surface area contributed by atoms with Crippen molar-refractivity contribution in [1.29, 1.82) is 0 Å². The molecule has 0 atom stereocenters. The second kappa shape index (κ2) is 14.6. The maximum atomic E-state index is 12.6. The molecular weight excluding hydrogens is 540 g/mol. The largest absolute Gasteiger partial charge is 0.494 e. The van der Waals surface area contributed by atoms with Crippen molar-refractivity contribution in [3.05, 3.63) is 82.3 Å². The smallest absolute Gasteiger partial charge is 0.343 e. The summed E-state index contributed by atoms with van der Waals surface area (Å²) in [5.41, 5.74) is 3.28. The molecule has 1 amide bonds. The molecule has 0 radical (unpaired) electrons. The van der Waals surface area contributed by atoms with Crippen molar-refractivity contribution in [1.82, 2.24) is 5.43 Å². The third-order valence-corrected chi connectivity index (χ3v) is 5.42. The van der Waals surface area contributed by atoms with Crippen LogP contribution in [0.3, 0.4) is 0 Å². The van der Waals surface area contributed by atoms with E-state index in [1.54, 1.807) is 66.7 Å². The molecule has 0 saturated heterocycles. The summed E-state index contributed by atoms with van der Waals surface area (Å²) in [4.78, 5) is 24.8. The van der Waals surface area contributed by atoms with Gasteiger partial charge in [0.15, 0.2) is 6.61 Å². The number of halogens is 1. The molecule has 1 N–H and O–H groups in total. The van der Waals surface area contributed by atoms with Crippen LogP contribution in [0.15, 0.2) is 76.3 Å². The molecule has 0 aromatic heterocycles. The normalized spacial score (nSPS) is 10.7. The van der Waals surface area contributed by atoms with Crippen LogP contribution in [-0.4, -0.2) is 37.9 Å². The maximum absolute atomic E-state index is 12.6. The highest BCUT2D eigenvalue weighted by Gasteiger charge is 2.12. The van der Waals surface area contributed by atoms with Crippen LogP contribution in [0.2, 0.25) is 0 Å². The van der Waals surface area contributed by atoms with Crippen LogP contribution in [-0.2, 0) is 4.79 Å². The van der Waals surface area contributed by atoms with Crippen LogP contribution < -0.4 is 24.4 Å². The lowest BCUT2D eigenvalue weighted by Crippen LogP contribution is -2.24. The van der Waals surface area contributed by atoms with E-state index in [-0.39, 0.29) is 12.4 Å². The second-order valence-electron chi connectivity index (χ2n) is 7.78. The summed E-state index contributed by atoms with van der Waals surface area (Å²) < 4.78 is 22.8. The first kappa shape index (κ1) is 27.7. The van der Waals surface area contributed by atoms with Gasteiger partial charge in [-0.25, -0.2) is 10.2 Å². The van der Waals surface area contributed by atoms with Gasteiger partial charge in [-0.3, -0.25) is 4.79 Å². The number of hydrogen-bond acceptors (Lipinski definition) is 7. The Kier molecular flexibility index (Phi) is 11.0. The SMILES string of the molecule is CCCCOc1ccc(OCC(=O)NN=Cc2cc(Br)ccc2OC(=O)c2ccc(OCC)cc2)cc1. The molecule has 3 rings (SSSR count). The van der Waals surface area contributed by atoms with Gasteiger partial charge in [-0.2, -0.15) is 5.10 Å². The van der Waals surface area contributed by atoms with E-state index in [0.29, 0.717) is 35.8 Å². The molecule has 0 fully saturated rings. The zero-order valence-electron chi connectivity index (χ0n) is 20.7. The van der Waals surface area contributed by atoms with Crippen LogP contribution >= 0.6 is 15.9 Å². The Morgan fingerprint density at radius 1 is 0.892 bits per heavy atom. The Morgan fingerprint density at radius 3 is 2.22 bits per heavy atom. The van der Waals surface area contributed by atoms with Crippen molar-refractivity contribution in [2.75, 3.05) is 19.8 Å². The van der Waals surface area contributed by atoms with Crippen molar-refractivity contribution in [3.8, 4) is 23.0 Å². The average Bonchev–Trinajstić information content (AvgIpc) is 2.90. The Hall–Kier alpha value is -3.85. The molecule has 9 heteroatoms. The second-order valence-corrected chi connectivity index (χ2v) is 8.70. The summed E-state index contributed by atoms with van der Waals surface area (Å²) in [5.74, 6) is 1.28. The van der Waals surface area contributed by atoms with E-state index in [0.717, 1.165) is 23.1 Å². The van der Waals surface area contributed by atoms with Gasteiger partial charge < -0.3 is 18.9 Å². The van der Waals surface area contributed by atoms with Gasteiger partial charge >= 0.3 is 5.97 Å². The molecular formula is C28H29BrN2O6. The summed E-state index contributed by atoms with van der Waals surface area (Å²) >= 11 is 3.39. The number of esters is 1. The molecule has 0 spiro atoms. The number of hydrogen-bond donors (Lipinski definition) is 1. The van der Waals surface area contributed by atoms with Gasteiger partial charge in [-0.1, -0.05) is 29.3 Å². The molecule has 194 valence electrons. The van der Waals surface area contributed by atoms with Crippen molar-refractivity contribution >= 4 is 34.0 Å². The number of ether oxygens (including phenoxy) is 4. The molecule has 37 heavy (non-hydrogen) atoms. The number of carbonyl (C=O) groups excluding carboxylic acids is 2. The lowest BCUT2D eigenvalue weighted by Gasteiger charge is -2.09. The molecule has 3 aromatic carbocycles. The predicted octanol–water partition coefficient (Wildman–Crippen LogP) is 5.78. The Labute approximate surface area is 224 Å². The van der Waals surface area contributed by atoms with Crippen LogP contribution in [0.25, 0.3) is 0 Å². The fourth-order valence-electron chi connectivity index (χ4n) is 3.05. The topological polar surface area (TPSA) is 95.5 Å². The zero-order valence-corrected chi connectivity index (χ0v) is 22.3. The van der Waals surface area contributed by atoms with E-state index in [9.17, 15) is 9.59 Å². The minimum absolute atomic E-state index is 0.217. The monoisotopic (exact) mass is 568 g/mol. The van der Waals surface area contributed by atoms with E-state index in [2.05, 4.69) is 33.4 Å². The van der Waals surface area contributed by atoms with E-state index < -0.39 is 11.9 Å². The number of rotatable bonds is 13. The summed E-state index contributed by atoms with van der Waals surface area (Å²) in [6.45, 7) is 4.98. The van der Waals surface area contributed by atoms with Crippen molar-refractivity contribution in [3.63, 3.8) is 0 Å². The van der Waals surface area contributed by atoms with Crippen molar-refractivity contribution < 1.29 is 28.5 Å². The Morgan fingerprint density at radius 2 is 1.54 bits per heavy atom. The summed E-state index contributed by atoms with van der Waals surface area (Å²) in [6.07, 6.45) is 3.45. The van der Waals surface area contributed by atoms with Gasteiger partial charge in [-0.05, 0) is 80.1 Å². The van der Waals surface area contributed by atoms with Crippen LogP contribution in [0.5, 0.6) is 23.0 Å². The maximum Gasteiger partial charge on any atom is 0.343 e. The number of nitrogens with zero attached hydrogens (tertiary/aromatic N) is 1. The zero-order chi connectivity index (χ0) is 26.5. The lowest BCUT2D eigenvalue weighted by atomic mass is 10.2. The van der Waals surface area contributed by atoms with E-state index in [1.165, 1.54) is 6.21 Å². The highest BCUT2D eigenvalue weighted by molar-refractivity contribution is 9.10. The first-order valence-corrected chi connectivity index (χ1v) is 12.7. The number of amides is 1. The molecule has 0 aliphatic carbocycles. The van der Waals surface area contributed by atoms with E-state index >= 15 is 0 Å². The summed E-state index contributed by atoms with van der Waals surface area (Å²) in [5, 5.41) is 3.97. The molecule has 8 nitrogen and oxygen atoms in total. The number of carbonyl (C=O) groups is 2. The molecule has 0 aliphatic rings. The van der Waals surface area contributed by atoms with Gasteiger partial charge in [0, 0.05) is 10.0 Å². The van der Waals surface area contributed by atoms with Crippen LogP contribution in [0.4, 0.5) is 0 Å². The molecule has 0 aliphatic heterocycles. The number of nitrogens with one attached hydrogen (secondary N) is 1. The number of benzene rings is 3. The molecule has 0 heterocycles. The first-order chi connectivity index (χ1) is 18.0. The standard InChI is InChI=1S/C28H29BrN2O6/c1-3-5-16-35-24-11-13-25(14-12-24)36-19-27(32)31-30-18-21-17-22(29)8-15-26(21)37-28(33)20-6-9-23(10-7-20)34-4-2/h6-15,17-18H,3-5,16,19H2,1-2H3,(H,31,32). The summed E-state index contributed by atoms with van der Waals surface area (Å²) in [6, 6.07) is 18.8. The number of unbranched alkanes of at least 4 members (excludes halogenated alkanes) is 1. The highest BCUT2D eigenvalue weighted by Crippen LogP contribution is 2.23. The predicted molar refractivity (Wildman–Crippen MR) is 145 cm³/mol. The van der Waals surface area contributed by atoms with Crippen LogP contribution in [0, 0.1) is 0 Å². The fourth-order valence-corrected chi connectivity index (χ4v) is 3.43. The Balaban J connectivity index is 1.53. The minimum Gasteiger partial charge on any atom is -0.494 e. The Bertz CT molecular complexity index is 1200. The fraction of sp³-hybridized carbons (Fsp3) is 0.250. The summed E-state index contributed by atoms with van der Waals surface area (Å²) in [7, 11) is 0. The van der Waals surface area contributed by atoms with Gasteiger partial charge in [0.05, 0.1) is 25.0 Å². The highest BCUT2D eigenvalue weighted by atomic mass is 79.9. The number of hydrazone groups is 1. The lowest BCUT2D eigenvalue weighted by molar-refractivity contribution is -0.123. The van der Waals surface area contributed by atoms with E-state index in [4.69, 9.17) is 18.9 Å². The molecule has 0 bridgehead atoms. The quantitative estimate of drug-likeness (QED) is 0.0923. The van der Waals surface area contributed by atoms with Gasteiger partial charge in [0.1, 0.15) is 23.0 Å². The van der Waals surface area contributed by atoms with Crippen LogP contribution in [0.1, 0.15) is 42.6 Å². The van der Waals surface area contributed by atoms with Crippen molar-refractivity contribution in [2.45, 2.75) is 26.7 Å². The van der Waals surface area contributed by atoms with Gasteiger partial charge in [0.2, 0.25) is 0 Å². The third-order valence-electron chi connectivity index (χ3n) is 4.93. The first-order valence-electron chi connectivity index (χ1n) is 11.9. The van der Waals surface area contributed by atoms with Gasteiger partial charge in [-0.15, -0.1) is 0 Å². The third kappa shape index (κ3) is 9.27. The average molecular weight is 569 g/mol. The molecule has 3 aromatic rings. The molecule has 0 saturated carbocycles. The van der Waals surface area contributed by atoms with E-state index in [1.807, 2.05) is 6.92 Å². The minimum atomic E-state index is -0.528.